The smallest absolute Gasteiger partial charge is 0.269 e. The van der Waals surface area contributed by atoms with Gasteiger partial charge in [0, 0.05) is 10.0 Å². The minimum absolute atomic E-state index is 0.0343. The van der Waals surface area contributed by atoms with Gasteiger partial charge in [-0.25, -0.2) is 0 Å². The maximum Gasteiger partial charge on any atom is 0.269 e. The molecule has 154 valence electrons. The van der Waals surface area contributed by atoms with Crippen molar-refractivity contribution in [1.82, 2.24) is 16.2 Å². The van der Waals surface area contributed by atoms with Gasteiger partial charge in [0.05, 0.1) is 4.47 Å². The standard InChI is InChI=1S/C21H17Br2N3O3S/c1-12-4-2-3-5-15(12)20(28)25-26-21(30)24-18(27)11-29-17-9-6-13-10-14(22)7-8-16(13)19(17)23/h2-10H,11H2,1H3,(H,25,28)(H2,24,26,27,30). The molecule has 3 aromatic carbocycles. The van der Waals surface area contributed by atoms with Crippen molar-refractivity contribution in [2.24, 2.45) is 0 Å². The van der Waals surface area contributed by atoms with Crippen LogP contribution in [0.4, 0.5) is 0 Å². The Balaban J connectivity index is 1.51. The minimum Gasteiger partial charge on any atom is -0.483 e. The van der Waals surface area contributed by atoms with E-state index in [1.165, 1.54) is 0 Å². The number of halogens is 2. The summed E-state index contributed by atoms with van der Waals surface area (Å²) in [5, 5.41) is 4.42. The predicted molar refractivity (Wildman–Crippen MR) is 127 cm³/mol. The van der Waals surface area contributed by atoms with E-state index in [0.717, 1.165) is 25.3 Å². The second-order valence-electron chi connectivity index (χ2n) is 6.30. The van der Waals surface area contributed by atoms with Gasteiger partial charge in [0.15, 0.2) is 11.7 Å². The SMILES string of the molecule is Cc1ccccc1C(=O)NNC(=S)NC(=O)COc1ccc2cc(Br)ccc2c1Br. The van der Waals surface area contributed by atoms with E-state index in [0.29, 0.717) is 11.3 Å². The third-order valence-corrected chi connectivity index (χ3v) is 5.69. The van der Waals surface area contributed by atoms with E-state index < -0.39 is 5.91 Å². The normalized spacial score (nSPS) is 10.4. The zero-order valence-corrected chi connectivity index (χ0v) is 19.8. The number of carbonyl (C=O) groups is 2. The van der Waals surface area contributed by atoms with Crippen LogP contribution in [0.25, 0.3) is 10.8 Å². The quantitative estimate of drug-likeness (QED) is 0.332. The van der Waals surface area contributed by atoms with Crippen molar-refractivity contribution in [1.29, 1.82) is 0 Å². The van der Waals surface area contributed by atoms with E-state index in [1.54, 1.807) is 18.2 Å². The first-order valence-electron chi connectivity index (χ1n) is 8.81. The number of fused-ring (bicyclic) bond motifs is 1. The van der Waals surface area contributed by atoms with Crippen molar-refractivity contribution in [3.63, 3.8) is 0 Å². The largest absolute Gasteiger partial charge is 0.483 e. The van der Waals surface area contributed by atoms with E-state index >= 15 is 0 Å². The molecule has 2 amide bonds. The second-order valence-corrected chi connectivity index (χ2v) is 8.42. The molecule has 0 spiro atoms. The lowest BCUT2D eigenvalue weighted by Gasteiger charge is -2.13. The van der Waals surface area contributed by atoms with Gasteiger partial charge in [-0.2, -0.15) is 0 Å². The molecule has 0 saturated carbocycles. The Hall–Kier alpha value is -2.49. The number of rotatable bonds is 4. The first-order valence-corrected chi connectivity index (χ1v) is 10.8. The van der Waals surface area contributed by atoms with E-state index in [4.69, 9.17) is 17.0 Å². The summed E-state index contributed by atoms with van der Waals surface area (Å²) in [6.07, 6.45) is 0. The summed E-state index contributed by atoms with van der Waals surface area (Å²) in [6.45, 7) is 1.59. The van der Waals surface area contributed by atoms with Crippen LogP contribution >= 0.6 is 44.1 Å². The molecule has 0 aliphatic heterocycles. The van der Waals surface area contributed by atoms with Gasteiger partial charge in [0.2, 0.25) is 0 Å². The van der Waals surface area contributed by atoms with Gasteiger partial charge >= 0.3 is 0 Å². The highest BCUT2D eigenvalue weighted by Crippen LogP contribution is 2.34. The number of aryl methyl sites for hydroxylation is 1. The van der Waals surface area contributed by atoms with E-state index in [2.05, 4.69) is 48.0 Å². The molecule has 0 aliphatic carbocycles. The zero-order chi connectivity index (χ0) is 21.7. The average Bonchev–Trinajstić information content (AvgIpc) is 2.71. The molecule has 3 rings (SSSR count). The highest BCUT2D eigenvalue weighted by molar-refractivity contribution is 9.11. The van der Waals surface area contributed by atoms with Crippen LogP contribution in [-0.2, 0) is 4.79 Å². The van der Waals surface area contributed by atoms with Gasteiger partial charge in [0.25, 0.3) is 11.8 Å². The Morgan fingerprint density at radius 1 is 1.03 bits per heavy atom. The molecule has 0 heterocycles. The first-order chi connectivity index (χ1) is 14.3. The predicted octanol–water partition coefficient (Wildman–Crippen LogP) is 4.39. The molecule has 3 aromatic rings. The number of benzene rings is 3. The molecule has 0 fully saturated rings. The van der Waals surface area contributed by atoms with Crippen LogP contribution in [0.3, 0.4) is 0 Å². The van der Waals surface area contributed by atoms with Crippen molar-refractivity contribution in [2.45, 2.75) is 6.92 Å². The molecule has 0 unspecified atom stereocenters. The molecule has 0 bridgehead atoms. The van der Waals surface area contributed by atoms with E-state index in [1.807, 2.05) is 43.3 Å². The molecule has 0 radical (unpaired) electrons. The summed E-state index contributed by atoms with van der Waals surface area (Å²) >= 11 is 12.0. The maximum absolute atomic E-state index is 12.2. The lowest BCUT2D eigenvalue weighted by Crippen LogP contribution is -2.49. The van der Waals surface area contributed by atoms with Crippen LogP contribution < -0.4 is 20.9 Å². The zero-order valence-electron chi connectivity index (χ0n) is 15.8. The highest BCUT2D eigenvalue weighted by atomic mass is 79.9. The molecular formula is C21H17Br2N3O3S. The van der Waals surface area contributed by atoms with Crippen LogP contribution in [0.15, 0.2) is 63.5 Å². The summed E-state index contributed by atoms with van der Waals surface area (Å²) in [4.78, 5) is 24.3. The molecule has 0 aliphatic rings. The molecule has 0 aromatic heterocycles. The molecule has 0 saturated heterocycles. The number of carbonyl (C=O) groups excluding carboxylic acids is 2. The summed E-state index contributed by atoms with van der Waals surface area (Å²) in [6, 6.07) is 16.7. The number of nitrogens with one attached hydrogen (secondary N) is 3. The van der Waals surface area contributed by atoms with Gasteiger partial charge in [0.1, 0.15) is 5.75 Å². The van der Waals surface area contributed by atoms with Crippen LogP contribution in [0.5, 0.6) is 5.75 Å². The maximum atomic E-state index is 12.2. The number of hydrogen-bond acceptors (Lipinski definition) is 4. The molecule has 6 nitrogen and oxygen atoms in total. The summed E-state index contributed by atoms with van der Waals surface area (Å²) < 4.78 is 7.34. The van der Waals surface area contributed by atoms with Crippen LogP contribution in [0.1, 0.15) is 15.9 Å². The Kier molecular flexibility index (Phi) is 7.41. The summed E-state index contributed by atoms with van der Waals surface area (Å²) in [7, 11) is 0. The number of hydrazine groups is 1. The first kappa shape index (κ1) is 22.2. The van der Waals surface area contributed by atoms with Gasteiger partial charge in [-0.15, -0.1) is 0 Å². The van der Waals surface area contributed by atoms with Crippen molar-refractivity contribution in [3.8, 4) is 5.75 Å². The Morgan fingerprint density at radius 3 is 2.57 bits per heavy atom. The van der Waals surface area contributed by atoms with Crippen molar-refractivity contribution in [3.05, 3.63) is 74.7 Å². The topological polar surface area (TPSA) is 79.5 Å². The van der Waals surface area contributed by atoms with Gasteiger partial charge in [-0.1, -0.05) is 46.3 Å². The minimum atomic E-state index is -0.458. The van der Waals surface area contributed by atoms with Crippen molar-refractivity contribution < 1.29 is 14.3 Å². The van der Waals surface area contributed by atoms with Gasteiger partial charge < -0.3 is 4.74 Å². The molecule has 0 atom stereocenters. The molecule has 30 heavy (non-hydrogen) atoms. The number of amides is 2. The fraction of sp³-hybridized carbons (Fsp3) is 0.0952. The fourth-order valence-electron chi connectivity index (χ4n) is 2.70. The fourth-order valence-corrected chi connectivity index (χ4v) is 3.85. The Morgan fingerprint density at radius 2 is 1.80 bits per heavy atom. The monoisotopic (exact) mass is 549 g/mol. The van der Waals surface area contributed by atoms with E-state index in [9.17, 15) is 9.59 Å². The second kappa shape index (κ2) is 10.0. The van der Waals surface area contributed by atoms with Gasteiger partial charge in [-0.3, -0.25) is 25.8 Å². The van der Waals surface area contributed by atoms with Crippen molar-refractivity contribution >= 4 is 71.8 Å². The third-order valence-electron chi connectivity index (χ3n) is 4.17. The van der Waals surface area contributed by atoms with Crippen LogP contribution in [-0.4, -0.2) is 23.5 Å². The van der Waals surface area contributed by atoms with Gasteiger partial charge in [-0.05, 0) is 75.7 Å². The number of ether oxygens (including phenoxy) is 1. The van der Waals surface area contributed by atoms with E-state index in [-0.39, 0.29) is 17.6 Å². The Bertz CT molecular complexity index is 1140. The lowest BCUT2D eigenvalue weighted by molar-refractivity contribution is -0.121. The number of thiocarbonyl (C=S) groups is 1. The average molecular weight is 551 g/mol. The molecule has 3 N–H and O–H groups in total. The Labute approximate surface area is 195 Å². The third kappa shape index (κ3) is 5.56. The van der Waals surface area contributed by atoms with Crippen LogP contribution in [0, 0.1) is 6.92 Å². The summed E-state index contributed by atoms with van der Waals surface area (Å²) in [5.74, 6) is -0.278. The molecular weight excluding hydrogens is 534 g/mol. The summed E-state index contributed by atoms with van der Waals surface area (Å²) in [5.41, 5.74) is 6.30. The van der Waals surface area contributed by atoms with Crippen LogP contribution in [0.2, 0.25) is 0 Å². The molecule has 9 heteroatoms. The highest BCUT2D eigenvalue weighted by Gasteiger charge is 2.12. The number of hydrogen-bond donors (Lipinski definition) is 3. The van der Waals surface area contributed by atoms with Crippen molar-refractivity contribution in [2.75, 3.05) is 6.61 Å². The lowest BCUT2D eigenvalue weighted by atomic mass is 10.1.